The van der Waals surface area contributed by atoms with Crippen LogP contribution in [0.15, 0.2) is 43.2 Å². The van der Waals surface area contributed by atoms with Crippen LogP contribution < -0.4 is 4.90 Å². The van der Waals surface area contributed by atoms with E-state index in [0.29, 0.717) is 30.8 Å². The van der Waals surface area contributed by atoms with Gasteiger partial charge < -0.3 is 14.9 Å². The molecule has 0 bridgehead atoms. The third-order valence-electron chi connectivity index (χ3n) is 5.99. The molecule has 3 aromatic rings. The maximum absolute atomic E-state index is 15.7. The standard InChI is InChI=1S/C24H23ClF2N4O2/c1-4-19(33)30-8-9-31(17(11-30)13(2)3)24-14-10-15(25)20(22(27)23(14)28-12-29-24)21-16(26)6-5-7-18(21)32/h4-7,10,12-13,17,32H,1,8-9,11H2,2-3H3. The van der Waals surface area contributed by atoms with Crippen molar-refractivity contribution in [2.45, 2.75) is 19.9 Å². The van der Waals surface area contributed by atoms with Crippen molar-refractivity contribution in [3.8, 4) is 16.9 Å². The van der Waals surface area contributed by atoms with Crippen LogP contribution in [0, 0.1) is 17.6 Å². The Labute approximate surface area is 195 Å². The van der Waals surface area contributed by atoms with Crippen LogP contribution in [-0.2, 0) is 4.79 Å². The van der Waals surface area contributed by atoms with Gasteiger partial charge in [-0.05, 0) is 30.2 Å². The summed E-state index contributed by atoms with van der Waals surface area (Å²) in [5.41, 5.74) is -0.612. The Morgan fingerprint density at radius 2 is 2.03 bits per heavy atom. The number of nitrogens with zero attached hydrogens (tertiary/aromatic N) is 4. The van der Waals surface area contributed by atoms with E-state index in [2.05, 4.69) is 16.5 Å². The van der Waals surface area contributed by atoms with Gasteiger partial charge in [0.05, 0.1) is 16.6 Å². The van der Waals surface area contributed by atoms with Crippen molar-refractivity contribution in [2.75, 3.05) is 24.5 Å². The van der Waals surface area contributed by atoms with Crippen LogP contribution >= 0.6 is 11.6 Å². The predicted molar refractivity (Wildman–Crippen MR) is 124 cm³/mol. The molecule has 1 aliphatic rings. The van der Waals surface area contributed by atoms with E-state index in [1.807, 2.05) is 18.7 Å². The Morgan fingerprint density at radius 3 is 2.70 bits per heavy atom. The van der Waals surface area contributed by atoms with Crippen LogP contribution in [-0.4, -0.2) is 51.6 Å². The number of phenols is 1. The summed E-state index contributed by atoms with van der Waals surface area (Å²) >= 11 is 6.42. The highest BCUT2D eigenvalue weighted by atomic mass is 35.5. The average molecular weight is 473 g/mol. The van der Waals surface area contributed by atoms with Gasteiger partial charge in [-0.2, -0.15) is 0 Å². The lowest BCUT2D eigenvalue weighted by Crippen LogP contribution is -2.56. The molecule has 9 heteroatoms. The zero-order valence-corrected chi connectivity index (χ0v) is 19.0. The summed E-state index contributed by atoms with van der Waals surface area (Å²) in [6.07, 6.45) is 2.54. The van der Waals surface area contributed by atoms with Crippen LogP contribution in [0.5, 0.6) is 5.75 Å². The predicted octanol–water partition coefficient (Wildman–Crippen LogP) is 4.79. The molecule has 0 saturated carbocycles. The lowest BCUT2D eigenvalue weighted by Gasteiger charge is -2.44. The quantitative estimate of drug-likeness (QED) is 0.553. The molecule has 4 rings (SSSR count). The van der Waals surface area contributed by atoms with E-state index < -0.39 is 17.4 Å². The van der Waals surface area contributed by atoms with E-state index in [9.17, 15) is 14.3 Å². The summed E-state index contributed by atoms with van der Waals surface area (Å²) in [5.74, 6) is -1.57. The number of fused-ring (bicyclic) bond motifs is 1. The molecule has 6 nitrogen and oxygen atoms in total. The van der Waals surface area contributed by atoms with Gasteiger partial charge in [0, 0.05) is 30.6 Å². The molecular formula is C24H23ClF2N4O2. The van der Waals surface area contributed by atoms with E-state index in [1.165, 1.54) is 30.6 Å². The molecule has 33 heavy (non-hydrogen) atoms. The zero-order valence-electron chi connectivity index (χ0n) is 18.2. The minimum Gasteiger partial charge on any atom is -0.507 e. The number of phenolic OH excluding ortho intramolecular Hbond substituents is 1. The fraction of sp³-hybridized carbons (Fsp3) is 0.292. The van der Waals surface area contributed by atoms with Gasteiger partial charge in [-0.1, -0.05) is 38.1 Å². The molecule has 0 spiro atoms. The first-order valence-corrected chi connectivity index (χ1v) is 10.9. The van der Waals surface area contributed by atoms with Gasteiger partial charge >= 0.3 is 0 Å². The number of anilines is 1. The molecule has 1 fully saturated rings. The first kappa shape index (κ1) is 22.9. The maximum atomic E-state index is 15.7. The number of aromatic nitrogens is 2. The fourth-order valence-corrected chi connectivity index (χ4v) is 4.59. The maximum Gasteiger partial charge on any atom is 0.246 e. The molecule has 0 aliphatic carbocycles. The number of hydrogen-bond acceptors (Lipinski definition) is 5. The molecule has 1 N–H and O–H groups in total. The van der Waals surface area contributed by atoms with Gasteiger partial charge in [0.15, 0.2) is 5.82 Å². The second kappa shape index (κ2) is 8.94. The first-order valence-electron chi connectivity index (χ1n) is 10.5. The third kappa shape index (κ3) is 3.99. The summed E-state index contributed by atoms with van der Waals surface area (Å²) in [4.78, 5) is 24.4. The Hall–Kier alpha value is -3.26. The Morgan fingerprint density at radius 1 is 1.27 bits per heavy atom. The molecular weight excluding hydrogens is 450 g/mol. The SMILES string of the molecule is C=CC(=O)N1CCN(c2ncnc3c(F)c(-c4c(O)cccc4F)c(Cl)cc23)C(C(C)C)C1. The number of piperazine rings is 1. The van der Waals surface area contributed by atoms with Crippen molar-refractivity contribution in [3.63, 3.8) is 0 Å². The summed E-state index contributed by atoms with van der Waals surface area (Å²) in [7, 11) is 0. The lowest BCUT2D eigenvalue weighted by molar-refractivity contribution is -0.127. The van der Waals surface area contributed by atoms with Crippen LogP contribution in [0.2, 0.25) is 5.02 Å². The van der Waals surface area contributed by atoms with Crippen LogP contribution in [0.25, 0.3) is 22.0 Å². The molecule has 1 aromatic heterocycles. The van der Waals surface area contributed by atoms with Crippen molar-refractivity contribution >= 4 is 34.2 Å². The normalized spacial score (nSPS) is 16.5. The van der Waals surface area contributed by atoms with Gasteiger partial charge in [0.2, 0.25) is 5.91 Å². The van der Waals surface area contributed by atoms with Crippen molar-refractivity contribution in [3.05, 3.63) is 59.9 Å². The molecule has 172 valence electrons. The molecule has 1 amide bonds. The number of carbonyl (C=O) groups is 1. The summed E-state index contributed by atoms with van der Waals surface area (Å²) in [5, 5.41) is 10.5. The number of amides is 1. The van der Waals surface area contributed by atoms with Crippen molar-refractivity contribution in [2.24, 2.45) is 5.92 Å². The van der Waals surface area contributed by atoms with E-state index in [0.717, 1.165) is 6.07 Å². The minimum absolute atomic E-state index is 0.0332. The zero-order chi connectivity index (χ0) is 23.9. The Bertz CT molecular complexity index is 1230. The minimum atomic E-state index is -0.844. The van der Waals surface area contributed by atoms with E-state index in [-0.39, 0.29) is 39.5 Å². The number of hydrogen-bond donors (Lipinski definition) is 1. The van der Waals surface area contributed by atoms with Crippen LogP contribution in [0.4, 0.5) is 14.6 Å². The number of halogens is 3. The second-order valence-electron chi connectivity index (χ2n) is 8.27. The monoisotopic (exact) mass is 472 g/mol. The highest BCUT2D eigenvalue weighted by molar-refractivity contribution is 6.34. The van der Waals surface area contributed by atoms with Crippen molar-refractivity contribution in [1.82, 2.24) is 14.9 Å². The topological polar surface area (TPSA) is 69.6 Å². The van der Waals surface area contributed by atoms with E-state index in [1.54, 1.807) is 4.90 Å². The van der Waals surface area contributed by atoms with Crippen LogP contribution in [0.1, 0.15) is 13.8 Å². The fourth-order valence-electron chi connectivity index (χ4n) is 4.31. The number of aromatic hydroxyl groups is 1. The van der Waals surface area contributed by atoms with Gasteiger partial charge in [0.25, 0.3) is 0 Å². The number of carbonyl (C=O) groups excluding carboxylic acids is 1. The third-order valence-corrected chi connectivity index (χ3v) is 6.29. The second-order valence-corrected chi connectivity index (χ2v) is 8.68. The Balaban J connectivity index is 1.86. The first-order chi connectivity index (χ1) is 15.7. The van der Waals surface area contributed by atoms with E-state index >= 15 is 4.39 Å². The number of benzene rings is 2. The molecule has 1 atom stereocenters. The molecule has 0 radical (unpaired) electrons. The lowest BCUT2D eigenvalue weighted by atomic mass is 9.97. The summed E-state index contributed by atoms with van der Waals surface area (Å²) < 4.78 is 30.1. The molecule has 2 aromatic carbocycles. The highest BCUT2D eigenvalue weighted by Crippen LogP contribution is 2.42. The largest absolute Gasteiger partial charge is 0.507 e. The van der Waals surface area contributed by atoms with Gasteiger partial charge in [-0.15, -0.1) is 0 Å². The molecule has 1 saturated heterocycles. The highest BCUT2D eigenvalue weighted by Gasteiger charge is 2.33. The summed E-state index contributed by atoms with van der Waals surface area (Å²) in [6, 6.07) is 5.12. The average Bonchev–Trinajstić information content (AvgIpc) is 2.79. The molecule has 1 aliphatic heterocycles. The van der Waals surface area contributed by atoms with Gasteiger partial charge in [-0.3, -0.25) is 4.79 Å². The number of rotatable bonds is 4. The van der Waals surface area contributed by atoms with Gasteiger partial charge in [-0.25, -0.2) is 18.7 Å². The van der Waals surface area contributed by atoms with Gasteiger partial charge in [0.1, 0.15) is 29.2 Å². The summed E-state index contributed by atoms with van der Waals surface area (Å²) in [6.45, 7) is 9.03. The van der Waals surface area contributed by atoms with Crippen molar-refractivity contribution < 1.29 is 18.7 Å². The Kier molecular flexibility index (Phi) is 6.21. The van der Waals surface area contributed by atoms with Crippen molar-refractivity contribution in [1.29, 1.82) is 0 Å². The smallest absolute Gasteiger partial charge is 0.246 e. The van der Waals surface area contributed by atoms with E-state index in [4.69, 9.17) is 11.6 Å². The van der Waals surface area contributed by atoms with Crippen LogP contribution in [0.3, 0.4) is 0 Å². The molecule has 1 unspecified atom stereocenters. The molecule has 2 heterocycles.